The van der Waals surface area contributed by atoms with Gasteiger partial charge in [0, 0.05) is 24.2 Å². The van der Waals surface area contributed by atoms with Gasteiger partial charge < -0.3 is 9.80 Å². The van der Waals surface area contributed by atoms with Crippen LogP contribution in [0.3, 0.4) is 0 Å². The number of aromatic amines is 1. The van der Waals surface area contributed by atoms with Crippen molar-refractivity contribution in [2.45, 2.75) is 79.6 Å². The van der Waals surface area contributed by atoms with Gasteiger partial charge in [-0.15, -0.1) is 0 Å². The lowest BCUT2D eigenvalue weighted by atomic mass is 10.2. The van der Waals surface area contributed by atoms with Crippen LogP contribution in [0.4, 0.5) is 11.9 Å². The van der Waals surface area contributed by atoms with E-state index < -0.39 is 0 Å². The SMILES string of the molecule is CC(C)N(c1nc(N(C(C)C)C(C)C)[nH]c(=O)n1)C(C)C. The van der Waals surface area contributed by atoms with Gasteiger partial charge in [-0.1, -0.05) is 0 Å². The molecule has 0 radical (unpaired) electrons. The molecule has 0 saturated carbocycles. The number of rotatable bonds is 6. The van der Waals surface area contributed by atoms with E-state index in [1.54, 1.807) is 0 Å². The highest BCUT2D eigenvalue weighted by molar-refractivity contribution is 5.40. The van der Waals surface area contributed by atoms with Crippen LogP contribution in [0.1, 0.15) is 55.4 Å². The Morgan fingerprint density at radius 2 is 1.19 bits per heavy atom. The van der Waals surface area contributed by atoms with E-state index in [2.05, 4.69) is 80.1 Å². The molecule has 6 nitrogen and oxygen atoms in total. The van der Waals surface area contributed by atoms with E-state index >= 15 is 0 Å². The Morgan fingerprint density at radius 3 is 1.57 bits per heavy atom. The minimum absolute atomic E-state index is 0.228. The van der Waals surface area contributed by atoms with Crippen molar-refractivity contribution in [3.8, 4) is 0 Å². The summed E-state index contributed by atoms with van der Waals surface area (Å²) in [5, 5.41) is 0. The first-order valence-corrected chi connectivity index (χ1v) is 7.70. The van der Waals surface area contributed by atoms with Crippen molar-refractivity contribution >= 4 is 11.9 Å². The third-order valence-electron chi connectivity index (χ3n) is 3.33. The molecule has 120 valence electrons. The average Bonchev–Trinajstić information content (AvgIpc) is 2.25. The Balaban J connectivity index is 3.36. The predicted octanol–water partition coefficient (Wildman–Crippen LogP) is 2.41. The van der Waals surface area contributed by atoms with Crippen LogP contribution in [0.5, 0.6) is 0 Å². The van der Waals surface area contributed by atoms with Crippen molar-refractivity contribution in [2.24, 2.45) is 0 Å². The second-order valence-corrected chi connectivity index (χ2v) is 6.47. The maximum Gasteiger partial charge on any atom is 0.351 e. The quantitative estimate of drug-likeness (QED) is 0.873. The van der Waals surface area contributed by atoms with Gasteiger partial charge in [-0.05, 0) is 55.4 Å². The summed E-state index contributed by atoms with van der Waals surface area (Å²) >= 11 is 0. The molecule has 0 atom stereocenters. The van der Waals surface area contributed by atoms with Crippen molar-refractivity contribution in [2.75, 3.05) is 9.80 Å². The lowest BCUT2D eigenvalue weighted by molar-refractivity contribution is 0.569. The van der Waals surface area contributed by atoms with Crippen molar-refractivity contribution in [3.05, 3.63) is 10.5 Å². The third kappa shape index (κ3) is 4.19. The van der Waals surface area contributed by atoms with E-state index in [0.29, 0.717) is 11.9 Å². The van der Waals surface area contributed by atoms with Crippen LogP contribution in [0, 0.1) is 0 Å². The second kappa shape index (κ2) is 6.91. The first-order valence-electron chi connectivity index (χ1n) is 7.70. The van der Waals surface area contributed by atoms with Crippen LogP contribution in [0.25, 0.3) is 0 Å². The minimum Gasteiger partial charge on any atom is -0.337 e. The fourth-order valence-corrected chi connectivity index (χ4v) is 2.74. The Labute approximate surface area is 127 Å². The predicted molar refractivity (Wildman–Crippen MR) is 88.2 cm³/mol. The van der Waals surface area contributed by atoms with Crippen LogP contribution < -0.4 is 15.5 Å². The molecular weight excluding hydrogens is 266 g/mol. The van der Waals surface area contributed by atoms with E-state index in [0.717, 1.165) is 0 Å². The maximum atomic E-state index is 12.0. The van der Waals surface area contributed by atoms with Crippen LogP contribution in [0.15, 0.2) is 4.79 Å². The monoisotopic (exact) mass is 295 g/mol. The van der Waals surface area contributed by atoms with E-state index in [1.165, 1.54) is 0 Å². The highest BCUT2D eigenvalue weighted by Gasteiger charge is 2.22. The van der Waals surface area contributed by atoms with E-state index in [9.17, 15) is 4.79 Å². The molecule has 21 heavy (non-hydrogen) atoms. The zero-order chi connectivity index (χ0) is 16.3. The molecule has 0 aromatic carbocycles. The smallest absolute Gasteiger partial charge is 0.337 e. The van der Waals surface area contributed by atoms with E-state index in [4.69, 9.17) is 0 Å². The highest BCUT2D eigenvalue weighted by Crippen LogP contribution is 2.19. The lowest BCUT2D eigenvalue weighted by Crippen LogP contribution is -2.43. The summed E-state index contributed by atoms with van der Waals surface area (Å²) in [7, 11) is 0. The molecule has 0 aliphatic heterocycles. The van der Waals surface area contributed by atoms with Crippen LogP contribution >= 0.6 is 0 Å². The summed E-state index contributed by atoms with van der Waals surface area (Å²) in [6.45, 7) is 16.6. The number of H-pyrrole nitrogens is 1. The molecule has 6 heteroatoms. The summed E-state index contributed by atoms with van der Waals surface area (Å²) in [4.78, 5) is 27.5. The molecule has 0 bridgehead atoms. The number of nitrogens with zero attached hydrogens (tertiary/aromatic N) is 4. The highest BCUT2D eigenvalue weighted by atomic mass is 16.1. The molecule has 1 rings (SSSR count). The summed E-state index contributed by atoms with van der Waals surface area (Å²) < 4.78 is 0. The molecule has 0 saturated heterocycles. The van der Waals surface area contributed by atoms with Crippen molar-refractivity contribution in [1.29, 1.82) is 0 Å². The van der Waals surface area contributed by atoms with Crippen LogP contribution in [0.2, 0.25) is 0 Å². The molecule has 1 aromatic rings. The molecule has 0 fully saturated rings. The fraction of sp³-hybridized carbons (Fsp3) is 0.800. The maximum absolute atomic E-state index is 12.0. The van der Waals surface area contributed by atoms with E-state index in [-0.39, 0.29) is 29.9 Å². The molecule has 0 aliphatic carbocycles. The van der Waals surface area contributed by atoms with Gasteiger partial charge in [-0.3, -0.25) is 4.98 Å². The molecule has 0 aliphatic rings. The number of aromatic nitrogens is 3. The van der Waals surface area contributed by atoms with Gasteiger partial charge in [0.15, 0.2) is 0 Å². The van der Waals surface area contributed by atoms with E-state index in [1.807, 2.05) is 0 Å². The molecular formula is C15H29N5O. The largest absolute Gasteiger partial charge is 0.351 e. The summed E-state index contributed by atoms with van der Waals surface area (Å²) in [6, 6.07) is 0.947. The van der Waals surface area contributed by atoms with Gasteiger partial charge in [0.25, 0.3) is 0 Å². The summed E-state index contributed by atoms with van der Waals surface area (Å²) in [5.74, 6) is 1.08. The van der Waals surface area contributed by atoms with Crippen molar-refractivity contribution < 1.29 is 0 Å². The molecule has 1 heterocycles. The average molecular weight is 295 g/mol. The normalized spacial score (nSPS) is 11.8. The number of nitrogens with one attached hydrogen (secondary N) is 1. The Kier molecular flexibility index (Phi) is 5.75. The van der Waals surface area contributed by atoms with Gasteiger partial charge in [0.2, 0.25) is 11.9 Å². The van der Waals surface area contributed by atoms with Gasteiger partial charge in [0.05, 0.1) is 0 Å². The van der Waals surface area contributed by atoms with Gasteiger partial charge in [-0.2, -0.15) is 9.97 Å². The zero-order valence-electron chi connectivity index (χ0n) is 14.5. The molecule has 1 aromatic heterocycles. The first kappa shape index (κ1) is 17.5. The molecule has 1 N–H and O–H groups in total. The fourth-order valence-electron chi connectivity index (χ4n) is 2.74. The molecule has 0 unspecified atom stereocenters. The first-order chi connectivity index (χ1) is 9.65. The number of hydrogen-bond donors (Lipinski definition) is 1. The Morgan fingerprint density at radius 1 is 0.762 bits per heavy atom. The van der Waals surface area contributed by atoms with Crippen molar-refractivity contribution in [1.82, 2.24) is 15.0 Å². The molecule has 0 spiro atoms. The standard InChI is InChI=1S/C15H29N5O/c1-9(2)19(10(3)4)13-16-14(18-15(21)17-13)20(11(5)6)12(7)8/h9-12H,1-8H3,(H,16,17,18,21). The lowest BCUT2D eigenvalue weighted by Gasteiger charge is -2.34. The van der Waals surface area contributed by atoms with Crippen LogP contribution in [-0.2, 0) is 0 Å². The molecule has 0 amide bonds. The van der Waals surface area contributed by atoms with Gasteiger partial charge >= 0.3 is 5.69 Å². The van der Waals surface area contributed by atoms with Gasteiger partial charge in [0.1, 0.15) is 0 Å². The number of anilines is 2. The third-order valence-corrected chi connectivity index (χ3v) is 3.33. The Bertz CT molecular complexity index is 450. The van der Waals surface area contributed by atoms with Crippen molar-refractivity contribution in [3.63, 3.8) is 0 Å². The topological polar surface area (TPSA) is 65.1 Å². The Hall–Kier alpha value is -1.59. The summed E-state index contributed by atoms with van der Waals surface area (Å²) in [5.41, 5.74) is -0.354. The van der Waals surface area contributed by atoms with Crippen LogP contribution in [-0.4, -0.2) is 39.1 Å². The summed E-state index contributed by atoms with van der Waals surface area (Å²) in [6.07, 6.45) is 0. The second-order valence-electron chi connectivity index (χ2n) is 6.47. The zero-order valence-corrected chi connectivity index (χ0v) is 14.5. The van der Waals surface area contributed by atoms with Gasteiger partial charge in [-0.25, -0.2) is 4.79 Å². The minimum atomic E-state index is -0.354. The number of hydrogen-bond acceptors (Lipinski definition) is 5.